The largest absolute Gasteiger partial charge is 0.379 e. The first kappa shape index (κ1) is 39.7. The van der Waals surface area contributed by atoms with Crippen molar-refractivity contribution in [3.8, 4) is 0 Å². The quantitative estimate of drug-likeness (QED) is 0.154. The van der Waals surface area contributed by atoms with Crippen LogP contribution >= 0.6 is 23.2 Å². The van der Waals surface area contributed by atoms with Gasteiger partial charge >= 0.3 is 0 Å². The molecule has 1 aliphatic heterocycles. The third-order valence-electron chi connectivity index (χ3n) is 8.52. The number of rotatable bonds is 14. The second-order valence-corrected chi connectivity index (χ2v) is 12.8. The van der Waals surface area contributed by atoms with Gasteiger partial charge in [-0.3, -0.25) is 14.5 Å². The number of ether oxygens (including phenoxy) is 1. The number of amides is 2. The molecule has 7 nitrogen and oxygen atoms in total. The highest BCUT2D eigenvalue weighted by molar-refractivity contribution is 6.40. The maximum atomic E-state index is 13.1. The Bertz CT molecular complexity index is 1160. The van der Waals surface area contributed by atoms with Crippen LogP contribution in [0.3, 0.4) is 0 Å². The van der Waals surface area contributed by atoms with Crippen molar-refractivity contribution in [3.05, 3.63) is 63.6 Å². The Labute approximate surface area is 287 Å². The minimum Gasteiger partial charge on any atom is -0.379 e. The first-order chi connectivity index (χ1) is 22.3. The van der Waals surface area contributed by atoms with Gasteiger partial charge in [0.15, 0.2) is 0 Å². The number of morpholine rings is 1. The predicted molar refractivity (Wildman–Crippen MR) is 191 cm³/mol. The first-order valence-corrected chi connectivity index (χ1v) is 17.9. The van der Waals surface area contributed by atoms with Crippen molar-refractivity contribution >= 4 is 47.0 Å². The molecule has 9 heteroatoms. The maximum Gasteiger partial charge on any atom is 0.258 e. The van der Waals surface area contributed by atoms with Gasteiger partial charge in [0, 0.05) is 36.7 Å². The van der Waals surface area contributed by atoms with Gasteiger partial charge in [-0.2, -0.15) is 0 Å². The fourth-order valence-corrected chi connectivity index (χ4v) is 6.56. The summed E-state index contributed by atoms with van der Waals surface area (Å²) in [6.07, 6.45) is 12.2. The lowest BCUT2D eigenvalue weighted by molar-refractivity contribution is -0.132. The zero-order valence-electron chi connectivity index (χ0n) is 28.3. The van der Waals surface area contributed by atoms with Crippen LogP contribution in [0.5, 0.6) is 0 Å². The molecule has 4 rings (SSSR count). The minimum absolute atomic E-state index is 0.0449. The van der Waals surface area contributed by atoms with Gasteiger partial charge in [-0.25, -0.2) is 0 Å². The number of hydrogen-bond acceptors (Lipinski definition) is 5. The van der Waals surface area contributed by atoms with Crippen molar-refractivity contribution in [3.63, 3.8) is 0 Å². The minimum atomic E-state index is -0.344. The van der Waals surface area contributed by atoms with Gasteiger partial charge in [-0.05, 0) is 75.4 Å². The van der Waals surface area contributed by atoms with Crippen LogP contribution in [0.1, 0.15) is 108 Å². The number of nitrogens with one attached hydrogen (secondary N) is 2. The molecule has 0 radical (unpaired) electrons. The first-order valence-electron chi connectivity index (χ1n) is 17.2. The van der Waals surface area contributed by atoms with Crippen LogP contribution in [-0.4, -0.2) is 61.9 Å². The smallest absolute Gasteiger partial charge is 0.258 e. The van der Waals surface area contributed by atoms with Crippen LogP contribution < -0.4 is 10.6 Å². The molecule has 1 heterocycles. The molecule has 2 fully saturated rings. The summed E-state index contributed by atoms with van der Waals surface area (Å²) >= 11 is 12.3. The topological polar surface area (TPSA) is 87.7 Å². The Kier molecular flexibility index (Phi) is 19.2. The Morgan fingerprint density at radius 1 is 0.978 bits per heavy atom. The molecule has 0 spiro atoms. The summed E-state index contributed by atoms with van der Waals surface area (Å²) in [5, 5.41) is 6.75. The van der Waals surface area contributed by atoms with Crippen molar-refractivity contribution in [2.75, 3.05) is 38.2 Å². The number of carbonyl (C=O) groups is 3. The molecule has 2 N–H and O–H groups in total. The molecule has 2 amide bonds. The van der Waals surface area contributed by atoms with E-state index in [1.807, 2.05) is 38.1 Å². The van der Waals surface area contributed by atoms with Crippen LogP contribution in [0.4, 0.5) is 5.69 Å². The van der Waals surface area contributed by atoms with Crippen LogP contribution in [0.15, 0.2) is 42.5 Å². The second kappa shape index (κ2) is 22.2. The van der Waals surface area contributed by atoms with Crippen LogP contribution in [0.2, 0.25) is 10.0 Å². The number of carbonyl (C=O) groups excluding carboxylic acids is 3. The number of aldehydes is 1. The monoisotopic (exact) mass is 675 g/mol. The van der Waals surface area contributed by atoms with Crippen molar-refractivity contribution in [2.45, 2.75) is 104 Å². The molecule has 1 saturated carbocycles. The van der Waals surface area contributed by atoms with E-state index in [0.29, 0.717) is 22.2 Å². The fraction of sp³-hybridized carbons (Fsp3) is 0.595. The third-order valence-corrected chi connectivity index (χ3v) is 9.15. The summed E-state index contributed by atoms with van der Waals surface area (Å²) < 4.78 is 5.19. The van der Waals surface area contributed by atoms with Gasteiger partial charge < -0.3 is 20.2 Å². The van der Waals surface area contributed by atoms with Crippen LogP contribution in [0.25, 0.3) is 0 Å². The van der Waals surface area contributed by atoms with Gasteiger partial charge in [0.1, 0.15) is 6.29 Å². The van der Waals surface area contributed by atoms with Crippen LogP contribution in [-0.2, 0) is 20.7 Å². The van der Waals surface area contributed by atoms with Gasteiger partial charge in [-0.15, -0.1) is 0 Å². The molecule has 0 aromatic heterocycles. The molecule has 256 valence electrons. The number of benzene rings is 2. The molecular formula is C37H55Cl2N3O4. The number of anilines is 1. The average Bonchev–Trinajstić information content (AvgIpc) is 3.54. The van der Waals surface area contributed by atoms with E-state index in [2.05, 4.69) is 29.4 Å². The highest BCUT2D eigenvalue weighted by Gasteiger charge is 2.40. The van der Waals surface area contributed by atoms with Gasteiger partial charge in [0.25, 0.3) is 5.91 Å². The van der Waals surface area contributed by atoms with Gasteiger partial charge in [0.05, 0.1) is 28.8 Å². The van der Waals surface area contributed by atoms with E-state index in [4.69, 9.17) is 27.9 Å². The zero-order chi connectivity index (χ0) is 33.8. The van der Waals surface area contributed by atoms with E-state index in [-0.39, 0.29) is 28.8 Å². The van der Waals surface area contributed by atoms with E-state index in [1.165, 1.54) is 12.8 Å². The SMILES string of the molecule is CC.CCCCCC1(C(=O)NC(C)Cc2ccc(NC(=O)c3c(Cl)cccc3Cl)cc2)CCCC1.O=CCCCN1CCOCC1. The molecule has 1 unspecified atom stereocenters. The highest BCUT2D eigenvalue weighted by Crippen LogP contribution is 2.42. The maximum absolute atomic E-state index is 13.1. The van der Waals surface area contributed by atoms with E-state index in [0.717, 1.165) is 96.1 Å². The molecule has 2 aromatic rings. The summed E-state index contributed by atoms with van der Waals surface area (Å²) in [5.41, 5.74) is 1.86. The second-order valence-electron chi connectivity index (χ2n) is 12.0. The molecular weight excluding hydrogens is 621 g/mol. The van der Waals surface area contributed by atoms with Crippen molar-refractivity contribution in [2.24, 2.45) is 5.41 Å². The molecule has 0 bridgehead atoms. The molecule has 1 aliphatic carbocycles. The Balaban J connectivity index is 0.000000475. The third kappa shape index (κ3) is 13.3. The Hall–Kier alpha value is -2.45. The number of halogens is 2. The van der Waals surface area contributed by atoms with Crippen molar-refractivity contribution < 1.29 is 19.1 Å². The summed E-state index contributed by atoms with van der Waals surface area (Å²) in [5.74, 6) is -0.118. The highest BCUT2D eigenvalue weighted by atomic mass is 35.5. The lowest BCUT2D eigenvalue weighted by Gasteiger charge is -2.29. The average molecular weight is 677 g/mol. The summed E-state index contributed by atoms with van der Waals surface area (Å²) in [4.78, 5) is 38.1. The van der Waals surface area contributed by atoms with Crippen molar-refractivity contribution in [1.82, 2.24) is 10.2 Å². The predicted octanol–water partition coefficient (Wildman–Crippen LogP) is 8.76. The van der Waals surface area contributed by atoms with E-state index < -0.39 is 0 Å². The molecule has 1 saturated heterocycles. The lowest BCUT2D eigenvalue weighted by Crippen LogP contribution is -2.44. The number of hydrogen-bond donors (Lipinski definition) is 2. The number of nitrogens with zero attached hydrogens (tertiary/aromatic N) is 1. The number of unbranched alkanes of at least 4 members (excludes halogenated alkanes) is 3. The van der Waals surface area contributed by atoms with Crippen LogP contribution in [0, 0.1) is 5.41 Å². The summed E-state index contributed by atoms with van der Waals surface area (Å²) in [7, 11) is 0. The standard InChI is InChI=1S/C27H34Cl2N2O2.C8H15NO2.C2H6/c1-3-4-5-15-27(16-6-7-17-27)26(33)30-19(2)18-20-11-13-21(14-12-20)31-25(32)24-22(28)9-8-10-23(24)29;10-6-2-1-3-9-4-7-11-8-5-9;1-2/h8-14,19H,3-7,15-18H2,1-2H3,(H,30,33)(H,31,32);6H,1-5,7-8H2;1-2H3. The normalized spacial score (nSPS) is 16.2. The van der Waals surface area contributed by atoms with E-state index in [9.17, 15) is 14.4 Å². The van der Waals surface area contributed by atoms with Gasteiger partial charge in [0.2, 0.25) is 5.91 Å². The van der Waals surface area contributed by atoms with Gasteiger partial charge in [-0.1, -0.05) is 94.3 Å². The fourth-order valence-electron chi connectivity index (χ4n) is 5.99. The molecule has 2 aromatic carbocycles. The Morgan fingerprint density at radius 3 is 2.20 bits per heavy atom. The summed E-state index contributed by atoms with van der Waals surface area (Å²) in [6.45, 7) is 13.1. The molecule has 46 heavy (non-hydrogen) atoms. The molecule has 1 atom stereocenters. The van der Waals surface area contributed by atoms with E-state index in [1.54, 1.807) is 18.2 Å². The summed E-state index contributed by atoms with van der Waals surface area (Å²) in [6, 6.07) is 12.7. The van der Waals surface area contributed by atoms with E-state index >= 15 is 0 Å². The lowest BCUT2D eigenvalue weighted by atomic mass is 9.79. The Morgan fingerprint density at radius 2 is 1.61 bits per heavy atom. The molecule has 2 aliphatic rings. The zero-order valence-corrected chi connectivity index (χ0v) is 29.9. The van der Waals surface area contributed by atoms with Crippen molar-refractivity contribution in [1.29, 1.82) is 0 Å².